The molecule has 0 amide bonds. The molecule has 28 heavy (non-hydrogen) atoms. The number of rotatable bonds is 5. The van der Waals surface area contributed by atoms with Crippen LogP contribution in [0.2, 0.25) is 0 Å². The van der Waals surface area contributed by atoms with Crippen LogP contribution >= 0.6 is 11.3 Å². The van der Waals surface area contributed by atoms with Gasteiger partial charge in [0.15, 0.2) is 11.6 Å². The van der Waals surface area contributed by atoms with Crippen LogP contribution in [0.4, 0.5) is 20.2 Å². The molecule has 0 atom stereocenters. The molecule has 2 N–H and O–H groups in total. The summed E-state index contributed by atoms with van der Waals surface area (Å²) in [4.78, 5) is 11.0. The van der Waals surface area contributed by atoms with Gasteiger partial charge >= 0.3 is 0 Å². The van der Waals surface area contributed by atoms with Gasteiger partial charge in [-0.1, -0.05) is 6.58 Å². The first-order valence-corrected chi connectivity index (χ1v) is 9.77. The van der Waals surface area contributed by atoms with Gasteiger partial charge in [-0.2, -0.15) is 0 Å². The van der Waals surface area contributed by atoms with Crippen LogP contribution in [0, 0.1) is 11.6 Å². The average Bonchev–Trinajstić information content (AvgIpc) is 3.22. The molecule has 5 nitrogen and oxygen atoms in total. The van der Waals surface area contributed by atoms with E-state index in [1.165, 1.54) is 17.4 Å². The molecule has 1 aromatic carbocycles. The fourth-order valence-electron chi connectivity index (χ4n) is 3.07. The zero-order valence-corrected chi connectivity index (χ0v) is 15.9. The molecule has 0 saturated carbocycles. The van der Waals surface area contributed by atoms with Gasteiger partial charge in [-0.05, 0) is 24.3 Å². The van der Waals surface area contributed by atoms with Crippen molar-refractivity contribution in [2.24, 2.45) is 0 Å². The van der Waals surface area contributed by atoms with Gasteiger partial charge in [-0.25, -0.2) is 13.8 Å². The lowest BCUT2D eigenvalue weighted by atomic mass is 10.2. The maximum Gasteiger partial charge on any atom is 0.159 e. The highest BCUT2D eigenvalue weighted by atomic mass is 32.1. The number of pyridine rings is 1. The Morgan fingerprint density at radius 2 is 2.00 bits per heavy atom. The summed E-state index contributed by atoms with van der Waals surface area (Å²) in [6.45, 7) is 7.80. The third-order valence-corrected chi connectivity index (χ3v) is 5.41. The Balaban J connectivity index is 1.53. The molecule has 1 aliphatic rings. The van der Waals surface area contributed by atoms with Crippen LogP contribution in [0.25, 0.3) is 16.3 Å². The van der Waals surface area contributed by atoms with Crippen LogP contribution in [-0.2, 0) is 0 Å². The van der Waals surface area contributed by atoms with Crippen molar-refractivity contribution in [3.63, 3.8) is 0 Å². The molecule has 0 aliphatic carbocycles. The van der Waals surface area contributed by atoms with Gasteiger partial charge in [0.25, 0.3) is 0 Å². The molecule has 0 bridgehead atoms. The van der Waals surface area contributed by atoms with Gasteiger partial charge in [-0.15, -0.1) is 11.3 Å². The van der Waals surface area contributed by atoms with E-state index in [1.807, 2.05) is 11.4 Å². The van der Waals surface area contributed by atoms with E-state index in [4.69, 9.17) is 0 Å². The quantitative estimate of drug-likeness (QED) is 0.680. The summed E-state index contributed by atoms with van der Waals surface area (Å²) in [7, 11) is 0. The van der Waals surface area contributed by atoms with Crippen molar-refractivity contribution in [3.8, 4) is 10.6 Å². The van der Waals surface area contributed by atoms with E-state index in [-0.39, 0.29) is 0 Å². The van der Waals surface area contributed by atoms with E-state index in [2.05, 4.69) is 32.1 Å². The summed E-state index contributed by atoms with van der Waals surface area (Å²) in [5, 5.41) is 9.08. The molecular weight excluding hydrogens is 380 g/mol. The molecule has 0 unspecified atom stereocenters. The van der Waals surface area contributed by atoms with E-state index in [0.717, 1.165) is 49.7 Å². The Bertz CT molecular complexity index is 998. The standard InChI is InChI=1S/C20H19F2N5S/c1-13(18-12-28-20(26-18)14-2-3-15(21)16(22)10-14)25-17-11-24-5-4-19(17)27-8-6-23-7-9-27/h2-5,10-12,23,25H,1,6-9H2. The maximum absolute atomic E-state index is 13.5. The highest BCUT2D eigenvalue weighted by Gasteiger charge is 2.16. The molecule has 3 heterocycles. The highest BCUT2D eigenvalue weighted by Crippen LogP contribution is 2.30. The lowest BCUT2D eigenvalue weighted by Crippen LogP contribution is -2.43. The third-order valence-electron chi connectivity index (χ3n) is 4.52. The number of hydrogen-bond donors (Lipinski definition) is 2. The third kappa shape index (κ3) is 3.88. The van der Waals surface area contributed by atoms with Gasteiger partial charge < -0.3 is 15.5 Å². The van der Waals surface area contributed by atoms with E-state index in [1.54, 1.807) is 12.4 Å². The maximum atomic E-state index is 13.5. The Morgan fingerprint density at radius 3 is 2.79 bits per heavy atom. The molecular formula is C20H19F2N5S. The van der Waals surface area contributed by atoms with Crippen molar-refractivity contribution >= 4 is 28.4 Å². The predicted molar refractivity (Wildman–Crippen MR) is 109 cm³/mol. The minimum Gasteiger partial charge on any atom is -0.367 e. The Hall–Kier alpha value is -2.84. The van der Waals surface area contributed by atoms with Crippen molar-refractivity contribution < 1.29 is 8.78 Å². The first-order valence-electron chi connectivity index (χ1n) is 8.89. The van der Waals surface area contributed by atoms with E-state index >= 15 is 0 Å². The summed E-state index contributed by atoms with van der Waals surface area (Å²) in [5.74, 6) is -1.76. The van der Waals surface area contributed by atoms with E-state index in [0.29, 0.717) is 22.0 Å². The van der Waals surface area contributed by atoms with Crippen molar-refractivity contribution in [2.45, 2.75) is 0 Å². The number of nitrogens with one attached hydrogen (secondary N) is 2. The molecule has 2 aromatic heterocycles. The Labute approximate surface area is 165 Å². The van der Waals surface area contributed by atoms with Gasteiger partial charge in [0.05, 0.1) is 29.0 Å². The Morgan fingerprint density at radius 1 is 1.18 bits per heavy atom. The summed E-state index contributed by atoms with van der Waals surface area (Å²) in [6, 6.07) is 5.75. The minimum absolute atomic E-state index is 0.533. The van der Waals surface area contributed by atoms with Crippen molar-refractivity contribution in [1.29, 1.82) is 0 Å². The fourth-order valence-corrected chi connectivity index (χ4v) is 3.90. The summed E-state index contributed by atoms with van der Waals surface area (Å²) >= 11 is 1.35. The van der Waals surface area contributed by atoms with Gasteiger partial charge in [0.1, 0.15) is 5.01 Å². The SMILES string of the molecule is C=C(Nc1cnccc1N1CCNCC1)c1csc(-c2ccc(F)c(F)c2)n1. The largest absolute Gasteiger partial charge is 0.367 e. The molecule has 0 radical (unpaired) electrons. The van der Waals surface area contributed by atoms with Gasteiger partial charge in [0.2, 0.25) is 0 Å². The smallest absolute Gasteiger partial charge is 0.159 e. The average molecular weight is 399 g/mol. The topological polar surface area (TPSA) is 53.1 Å². The number of nitrogens with zero attached hydrogens (tertiary/aromatic N) is 3. The monoisotopic (exact) mass is 399 g/mol. The second-order valence-corrected chi connectivity index (χ2v) is 7.26. The zero-order chi connectivity index (χ0) is 19.5. The second-order valence-electron chi connectivity index (χ2n) is 6.40. The highest BCUT2D eigenvalue weighted by molar-refractivity contribution is 7.13. The van der Waals surface area contributed by atoms with Crippen LogP contribution in [0.3, 0.4) is 0 Å². The number of aromatic nitrogens is 2. The van der Waals surface area contributed by atoms with Crippen molar-refractivity contribution in [2.75, 3.05) is 36.4 Å². The molecule has 0 spiro atoms. The predicted octanol–water partition coefficient (Wildman–Crippen LogP) is 3.98. The number of piperazine rings is 1. The number of halogens is 2. The summed E-state index contributed by atoms with van der Waals surface area (Å²) < 4.78 is 26.6. The molecule has 1 aliphatic heterocycles. The first kappa shape index (κ1) is 18.5. The van der Waals surface area contributed by atoms with Crippen LogP contribution in [0.5, 0.6) is 0 Å². The second kappa shape index (κ2) is 8.04. The lowest BCUT2D eigenvalue weighted by Gasteiger charge is -2.31. The number of benzene rings is 1. The van der Waals surface area contributed by atoms with E-state index < -0.39 is 11.6 Å². The van der Waals surface area contributed by atoms with Crippen molar-refractivity contribution in [1.82, 2.24) is 15.3 Å². The molecule has 1 saturated heterocycles. The van der Waals surface area contributed by atoms with Gasteiger partial charge in [-0.3, -0.25) is 4.98 Å². The normalized spacial score (nSPS) is 14.1. The summed E-state index contributed by atoms with van der Waals surface area (Å²) in [6.07, 6.45) is 3.54. The molecule has 8 heteroatoms. The molecule has 1 fully saturated rings. The molecule has 144 valence electrons. The van der Waals surface area contributed by atoms with Crippen LogP contribution in [0.1, 0.15) is 5.69 Å². The number of thiazole rings is 1. The summed E-state index contributed by atoms with van der Waals surface area (Å²) in [5.41, 5.74) is 3.73. The molecule has 4 rings (SSSR count). The first-order chi connectivity index (χ1) is 13.6. The zero-order valence-electron chi connectivity index (χ0n) is 15.1. The minimum atomic E-state index is -0.887. The number of hydrogen-bond acceptors (Lipinski definition) is 6. The van der Waals surface area contributed by atoms with Gasteiger partial charge in [0, 0.05) is 43.3 Å². The molecule has 3 aromatic rings. The fraction of sp³-hybridized carbons (Fsp3) is 0.200. The Kier molecular flexibility index (Phi) is 5.31. The van der Waals surface area contributed by atoms with Crippen LogP contribution < -0.4 is 15.5 Å². The van der Waals surface area contributed by atoms with E-state index in [9.17, 15) is 8.78 Å². The van der Waals surface area contributed by atoms with Crippen molar-refractivity contribution in [3.05, 3.63) is 65.9 Å². The van der Waals surface area contributed by atoms with Crippen LogP contribution in [-0.4, -0.2) is 36.1 Å². The van der Waals surface area contributed by atoms with Crippen LogP contribution in [0.15, 0.2) is 48.6 Å². The lowest BCUT2D eigenvalue weighted by molar-refractivity contribution is 0.509. The number of anilines is 2.